The molecule has 0 saturated carbocycles. The summed E-state index contributed by atoms with van der Waals surface area (Å²) in [6, 6.07) is 15.4. The quantitative estimate of drug-likeness (QED) is 0.569. The molecular weight excluding hydrogens is 381 g/mol. The highest BCUT2D eigenvalue weighted by atomic mass is 32.2. The molecule has 0 aliphatic rings. The van der Waals surface area contributed by atoms with Crippen LogP contribution in [0.4, 0.5) is 18.9 Å². The molecule has 0 bridgehead atoms. The van der Waals surface area contributed by atoms with Crippen molar-refractivity contribution in [2.24, 2.45) is 0 Å². The van der Waals surface area contributed by atoms with Crippen molar-refractivity contribution >= 4 is 34.7 Å². The number of halogens is 3. The largest absolute Gasteiger partial charge is 0.435 e. The van der Waals surface area contributed by atoms with Crippen LogP contribution in [0.2, 0.25) is 0 Å². The van der Waals surface area contributed by atoms with E-state index in [1.165, 1.54) is 11.8 Å². The molecule has 0 aliphatic carbocycles. The van der Waals surface area contributed by atoms with E-state index in [9.17, 15) is 18.0 Å². The number of thioether (sulfide) groups is 1. The number of alkyl halides is 3. The van der Waals surface area contributed by atoms with Crippen LogP contribution in [0.15, 0.2) is 59.5 Å². The van der Waals surface area contributed by atoms with Gasteiger partial charge in [0.05, 0.1) is 0 Å². The van der Waals surface area contributed by atoms with Gasteiger partial charge in [-0.15, -0.1) is 23.1 Å². The molecule has 0 fully saturated rings. The average molecular weight is 394 g/mol. The van der Waals surface area contributed by atoms with Gasteiger partial charge in [-0.2, -0.15) is 13.2 Å². The molecule has 0 aliphatic heterocycles. The van der Waals surface area contributed by atoms with Gasteiger partial charge in [-0.25, -0.2) is 4.98 Å². The number of amides is 1. The summed E-state index contributed by atoms with van der Waals surface area (Å²) in [7, 11) is 0. The molecule has 0 spiro atoms. The zero-order valence-corrected chi connectivity index (χ0v) is 15.1. The van der Waals surface area contributed by atoms with Crippen LogP contribution < -0.4 is 5.32 Å². The second-order valence-electron chi connectivity index (χ2n) is 5.25. The number of carbonyl (C=O) groups is 1. The maximum absolute atomic E-state index is 13.4. The summed E-state index contributed by atoms with van der Waals surface area (Å²) < 4.78 is 40.1. The van der Waals surface area contributed by atoms with Crippen molar-refractivity contribution < 1.29 is 18.0 Å². The van der Waals surface area contributed by atoms with Crippen molar-refractivity contribution in [1.82, 2.24) is 4.98 Å². The Balaban J connectivity index is 1.97. The van der Waals surface area contributed by atoms with Gasteiger partial charge in [0, 0.05) is 16.1 Å². The Hall–Kier alpha value is -2.32. The molecule has 3 aromatic rings. The van der Waals surface area contributed by atoms with Gasteiger partial charge in [0.2, 0.25) is 0 Å². The summed E-state index contributed by atoms with van der Waals surface area (Å²) >= 11 is 2.20. The number of aromatic nitrogens is 1. The molecule has 1 N–H and O–H groups in total. The fourth-order valence-electron chi connectivity index (χ4n) is 2.26. The lowest BCUT2D eigenvalue weighted by atomic mass is 10.2. The standard InChI is InChI=1S/C18H13F3N2OS2/c1-25-13-9-5-8-12(10-13)22-16(24)14-15(18(19,20)21)23-17(26-14)11-6-3-2-4-7-11/h2-10H,1H3,(H,22,24). The third-order valence-electron chi connectivity index (χ3n) is 3.45. The van der Waals surface area contributed by atoms with E-state index in [4.69, 9.17) is 0 Å². The Morgan fingerprint density at radius 2 is 1.85 bits per heavy atom. The highest BCUT2D eigenvalue weighted by Gasteiger charge is 2.39. The van der Waals surface area contributed by atoms with E-state index in [1.807, 2.05) is 12.3 Å². The van der Waals surface area contributed by atoms with Crippen molar-refractivity contribution in [1.29, 1.82) is 0 Å². The number of rotatable bonds is 4. The van der Waals surface area contributed by atoms with Crippen LogP contribution >= 0.6 is 23.1 Å². The highest BCUT2D eigenvalue weighted by molar-refractivity contribution is 7.98. The summed E-state index contributed by atoms with van der Waals surface area (Å²) in [5, 5.41) is 2.68. The van der Waals surface area contributed by atoms with Gasteiger partial charge in [-0.05, 0) is 24.5 Å². The monoisotopic (exact) mass is 394 g/mol. The fraction of sp³-hybridized carbons (Fsp3) is 0.111. The zero-order chi connectivity index (χ0) is 18.7. The van der Waals surface area contributed by atoms with Gasteiger partial charge in [0.15, 0.2) is 5.69 Å². The number of benzene rings is 2. The van der Waals surface area contributed by atoms with Gasteiger partial charge in [0.1, 0.15) is 9.88 Å². The number of anilines is 1. The Labute approximate surface area is 156 Å². The third kappa shape index (κ3) is 4.08. The van der Waals surface area contributed by atoms with Crippen molar-refractivity contribution in [2.45, 2.75) is 11.1 Å². The maximum Gasteiger partial charge on any atom is 0.435 e. The Morgan fingerprint density at radius 3 is 2.50 bits per heavy atom. The van der Waals surface area contributed by atoms with Crippen molar-refractivity contribution in [3.8, 4) is 10.6 Å². The molecule has 0 saturated heterocycles. The number of carbonyl (C=O) groups excluding carboxylic acids is 1. The summed E-state index contributed by atoms with van der Waals surface area (Å²) in [5.74, 6) is -0.824. The lowest BCUT2D eigenvalue weighted by Gasteiger charge is -2.08. The first-order chi connectivity index (χ1) is 12.4. The zero-order valence-electron chi connectivity index (χ0n) is 13.5. The SMILES string of the molecule is CSc1cccc(NC(=O)c2sc(-c3ccccc3)nc2C(F)(F)F)c1. The molecule has 134 valence electrons. The van der Waals surface area contributed by atoms with E-state index in [0.717, 1.165) is 16.2 Å². The van der Waals surface area contributed by atoms with E-state index < -0.39 is 22.7 Å². The van der Waals surface area contributed by atoms with Gasteiger partial charge < -0.3 is 5.32 Å². The molecule has 1 amide bonds. The van der Waals surface area contributed by atoms with Crippen molar-refractivity contribution in [3.63, 3.8) is 0 Å². The van der Waals surface area contributed by atoms with Gasteiger partial charge in [0.25, 0.3) is 5.91 Å². The molecule has 0 unspecified atom stereocenters. The minimum absolute atomic E-state index is 0.154. The Kier molecular flexibility index (Phi) is 5.33. The number of nitrogens with zero attached hydrogens (tertiary/aromatic N) is 1. The lowest BCUT2D eigenvalue weighted by Crippen LogP contribution is -2.17. The van der Waals surface area contributed by atoms with E-state index in [1.54, 1.807) is 48.5 Å². The van der Waals surface area contributed by atoms with Crippen LogP contribution in [-0.2, 0) is 6.18 Å². The van der Waals surface area contributed by atoms with Gasteiger partial charge in [-0.3, -0.25) is 4.79 Å². The highest BCUT2D eigenvalue weighted by Crippen LogP contribution is 2.38. The molecular formula is C18H13F3N2OS2. The molecule has 1 aromatic heterocycles. The molecule has 0 atom stereocenters. The minimum atomic E-state index is -4.71. The summed E-state index contributed by atoms with van der Waals surface area (Å²) in [4.78, 5) is 16.6. The summed E-state index contributed by atoms with van der Waals surface area (Å²) in [6.45, 7) is 0. The maximum atomic E-state index is 13.4. The summed E-state index contributed by atoms with van der Waals surface area (Å²) in [6.07, 6.45) is -2.84. The first-order valence-electron chi connectivity index (χ1n) is 7.47. The average Bonchev–Trinajstić information content (AvgIpc) is 3.09. The van der Waals surface area contributed by atoms with E-state index in [2.05, 4.69) is 10.3 Å². The first-order valence-corrected chi connectivity index (χ1v) is 9.51. The van der Waals surface area contributed by atoms with E-state index in [-0.39, 0.29) is 5.01 Å². The first kappa shape index (κ1) is 18.5. The molecule has 2 aromatic carbocycles. The number of thiazole rings is 1. The molecule has 26 heavy (non-hydrogen) atoms. The third-order valence-corrected chi connectivity index (χ3v) is 5.28. The molecule has 3 nitrogen and oxygen atoms in total. The normalized spacial score (nSPS) is 11.4. The fourth-order valence-corrected chi connectivity index (χ4v) is 3.70. The van der Waals surface area contributed by atoms with Crippen molar-refractivity contribution in [2.75, 3.05) is 11.6 Å². The second kappa shape index (κ2) is 7.51. The minimum Gasteiger partial charge on any atom is -0.321 e. The topological polar surface area (TPSA) is 42.0 Å². The van der Waals surface area contributed by atoms with Gasteiger partial charge >= 0.3 is 6.18 Å². The van der Waals surface area contributed by atoms with Gasteiger partial charge in [-0.1, -0.05) is 36.4 Å². The predicted molar refractivity (Wildman–Crippen MR) is 98.7 cm³/mol. The molecule has 8 heteroatoms. The van der Waals surface area contributed by atoms with Crippen LogP contribution in [-0.4, -0.2) is 17.1 Å². The predicted octanol–water partition coefficient (Wildman–Crippen LogP) is 5.80. The van der Waals surface area contributed by atoms with E-state index >= 15 is 0 Å². The molecule has 0 radical (unpaired) electrons. The molecule has 3 rings (SSSR count). The Bertz CT molecular complexity index is 924. The van der Waals surface area contributed by atoms with Crippen LogP contribution in [0.3, 0.4) is 0 Å². The smallest absolute Gasteiger partial charge is 0.321 e. The summed E-state index contributed by atoms with van der Waals surface area (Å²) in [5.41, 5.74) is -0.198. The van der Waals surface area contributed by atoms with Crippen LogP contribution in [0.1, 0.15) is 15.4 Å². The molecule has 1 heterocycles. The number of hydrogen-bond donors (Lipinski definition) is 1. The van der Waals surface area contributed by atoms with E-state index in [0.29, 0.717) is 11.3 Å². The second-order valence-corrected chi connectivity index (χ2v) is 7.13. The van der Waals surface area contributed by atoms with Crippen molar-refractivity contribution in [3.05, 3.63) is 65.2 Å². The lowest BCUT2D eigenvalue weighted by molar-refractivity contribution is -0.140. The Morgan fingerprint density at radius 1 is 1.12 bits per heavy atom. The number of nitrogens with one attached hydrogen (secondary N) is 1. The van der Waals surface area contributed by atoms with Crippen LogP contribution in [0.25, 0.3) is 10.6 Å². The van der Waals surface area contributed by atoms with Crippen LogP contribution in [0.5, 0.6) is 0 Å². The number of hydrogen-bond acceptors (Lipinski definition) is 4. The van der Waals surface area contributed by atoms with Crippen LogP contribution in [0, 0.1) is 0 Å².